The molecule has 0 aromatic heterocycles. The van der Waals surface area contributed by atoms with Crippen LogP contribution in [0.4, 0.5) is 0 Å². The fraction of sp³-hybridized carbons (Fsp3) is 0.562. The van der Waals surface area contributed by atoms with Gasteiger partial charge < -0.3 is 15.7 Å². The number of hydrogen-bond acceptors (Lipinski definition) is 3. The Morgan fingerprint density at radius 3 is 3.05 bits per heavy atom. The SMILES string of the molecule is NCCc1cccc(C(=O)N2CCCC2CCCO)c1. The molecule has 4 heteroatoms. The number of likely N-dealkylation sites (tertiary alicyclic amines) is 1. The standard InChI is InChI=1S/C16H24N2O2/c17-9-8-13-4-1-5-14(12-13)16(20)18-10-2-6-15(18)7-3-11-19/h1,4-5,12,15,19H,2-3,6-11,17H2. The molecule has 1 aromatic rings. The molecule has 1 aromatic carbocycles. The van der Waals surface area contributed by atoms with Gasteiger partial charge in [0.15, 0.2) is 0 Å². The van der Waals surface area contributed by atoms with E-state index >= 15 is 0 Å². The van der Waals surface area contributed by atoms with Crippen LogP contribution in [-0.2, 0) is 6.42 Å². The van der Waals surface area contributed by atoms with E-state index in [1.54, 1.807) is 0 Å². The molecule has 4 nitrogen and oxygen atoms in total. The highest BCUT2D eigenvalue weighted by Gasteiger charge is 2.28. The molecule has 0 radical (unpaired) electrons. The highest BCUT2D eigenvalue weighted by molar-refractivity contribution is 5.94. The number of aliphatic hydroxyl groups is 1. The summed E-state index contributed by atoms with van der Waals surface area (Å²) in [4.78, 5) is 14.6. The molecule has 0 saturated carbocycles. The molecule has 1 aliphatic rings. The highest BCUT2D eigenvalue weighted by atomic mass is 16.3. The maximum atomic E-state index is 12.6. The molecule has 2 rings (SSSR count). The van der Waals surface area contributed by atoms with Gasteiger partial charge in [-0.05, 0) is 56.3 Å². The van der Waals surface area contributed by atoms with Gasteiger partial charge in [-0.25, -0.2) is 0 Å². The third-order valence-electron chi connectivity index (χ3n) is 3.94. The van der Waals surface area contributed by atoms with E-state index < -0.39 is 0 Å². The van der Waals surface area contributed by atoms with Crippen molar-refractivity contribution in [2.24, 2.45) is 5.73 Å². The molecule has 20 heavy (non-hydrogen) atoms. The Balaban J connectivity index is 2.07. The van der Waals surface area contributed by atoms with Gasteiger partial charge in [0, 0.05) is 24.8 Å². The molecule has 1 unspecified atom stereocenters. The summed E-state index contributed by atoms with van der Waals surface area (Å²) in [6.45, 7) is 1.63. The number of nitrogens with two attached hydrogens (primary N) is 1. The molecule has 1 saturated heterocycles. The van der Waals surface area contributed by atoms with Crippen molar-refractivity contribution < 1.29 is 9.90 Å². The first-order valence-electron chi connectivity index (χ1n) is 7.47. The average molecular weight is 276 g/mol. The van der Waals surface area contributed by atoms with Crippen LogP contribution >= 0.6 is 0 Å². The molecule has 3 N–H and O–H groups in total. The van der Waals surface area contributed by atoms with E-state index in [1.807, 2.05) is 29.2 Å². The summed E-state index contributed by atoms with van der Waals surface area (Å²) in [6.07, 6.45) is 4.57. The first-order valence-corrected chi connectivity index (χ1v) is 7.47. The third-order valence-corrected chi connectivity index (χ3v) is 3.94. The summed E-state index contributed by atoms with van der Waals surface area (Å²) in [7, 11) is 0. The van der Waals surface area contributed by atoms with Crippen molar-refractivity contribution in [1.82, 2.24) is 4.90 Å². The number of benzene rings is 1. The molecule has 1 heterocycles. The number of carbonyl (C=O) groups is 1. The predicted molar refractivity (Wildman–Crippen MR) is 79.6 cm³/mol. The summed E-state index contributed by atoms with van der Waals surface area (Å²) < 4.78 is 0. The van der Waals surface area contributed by atoms with Gasteiger partial charge in [-0.15, -0.1) is 0 Å². The van der Waals surface area contributed by atoms with Crippen LogP contribution in [0.5, 0.6) is 0 Å². The summed E-state index contributed by atoms with van der Waals surface area (Å²) in [5.74, 6) is 0.115. The second kappa shape index (κ2) is 7.41. The van der Waals surface area contributed by atoms with Crippen molar-refractivity contribution in [1.29, 1.82) is 0 Å². The summed E-state index contributed by atoms with van der Waals surface area (Å²) in [6, 6.07) is 8.06. The first kappa shape index (κ1) is 15.0. The zero-order valence-corrected chi connectivity index (χ0v) is 11.9. The minimum absolute atomic E-state index is 0.115. The Bertz CT molecular complexity index is 448. The monoisotopic (exact) mass is 276 g/mol. The third kappa shape index (κ3) is 3.58. The Morgan fingerprint density at radius 1 is 1.45 bits per heavy atom. The minimum Gasteiger partial charge on any atom is -0.396 e. The van der Waals surface area contributed by atoms with Gasteiger partial charge >= 0.3 is 0 Å². The molecular formula is C16H24N2O2. The van der Waals surface area contributed by atoms with Crippen LogP contribution in [0.25, 0.3) is 0 Å². The van der Waals surface area contributed by atoms with Crippen LogP contribution in [0.3, 0.4) is 0 Å². The fourth-order valence-electron chi connectivity index (χ4n) is 2.92. The number of amides is 1. The maximum absolute atomic E-state index is 12.6. The molecule has 1 aliphatic heterocycles. The zero-order chi connectivity index (χ0) is 14.4. The Morgan fingerprint density at radius 2 is 2.30 bits per heavy atom. The lowest BCUT2D eigenvalue weighted by Crippen LogP contribution is -2.35. The number of aliphatic hydroxyl groups excluding tert-OH is 1. The van der Waals surface area contributed by atoms with Crippen molar-refractivity contribution in [2.45, 2.75) is 38.1 Å². The van der Waals surface area contributed by atoms with E-state index in [1.165, 1.54) is 0 Å². The van der Waals surface area contributed by atoms with Crippen LogP contribution in [-0.4, -0.2) is 41.7 Å². The van der Waals surface area contributed by atoms with Gasteiger partial charge in [0.1, 0.15) is 0 Å². The molecule has 0 aliphatic carbocycles. The number of carbonyl (C=O) groups excluding carboxylic acids is 1. The topological polar surface area (TPSA) is 66.6 Å². The summed E-state index contributed by atoms with van der Waals surface area (Å²) in [5.41, 5.74) is 7.44. The number of nitrogens with zero attached hydrogens (tertiary/aromatic N) is 1. The largest absolute Gasteiger partial charge is 0.396 e. The van der Waals surface area contributed by atoms with Crippen molar-refractivity contribution in [3.63, 3.8) is 0 Å². The fourth-order valence-corrected chi connectivity index (χ4v) is 2.92. The van der Waals surface area contributed by atoms with Gasteiger partial charge in [-0.3, -0.25) is 4.79 Å². The van der Waals surface area contributed by atoms with E-state index in [4.69, 9.17) is 10.8 Å². The zero-order valence-electron chi connectivity index (χ0n) is 11.9. The summed E-state index contributed by atoms with van der Waals surface area (Å²) in [5, 5.41) is 8.95. The molecule has 1 atom stereocenters. The van der Waals surface area contributed by atoms with Gasteiger partial charge in [0.25, 0.3) is 5.91 Å². The normalized spacial score (nSPS) is 18.5. The van der Waals surface area contributed by atoms with Crippen molar-refractivity contribution >= 4 is 5.91 Å². The van der Waals surface area contributed by atoms with Crippen LogP contribution in [0, 0.1) is 0 Å². The van der Waals surface area contributed by atoms with Crippen LogP contribution in [0.1, 0.15) is 41.6 Å². The molecule has 110 valence electrons. The van der Waals surface area contributed by atoms with Gasteiger partial charge in [0.2, 0.25) is 0 Å². The molecule has 0 spiro atoms. The Hall–Kier alpha value is -1.39. The van der Waals surface area contributed by atoms with Crippen LogP contribution in [0.2, 0.25) is 0 Å². The van der Waals surface area contributed by atoms with E-state index in [2.05, 4.69) is 0 Å². The van der Waals surface area contributed by atoms with E-state index in [0.29, 0.717) is 6.54 Å². The smallest absolute Gasteiger partial charge is 0.254 e. The summed E-state index contributed by atoms with van der Waals surface area (Å²) >= 11 is 0. The lowest BCUT2D eigenvalue weighted by atomic mass is 10.1. The van der Waals surface area contributed by atoms with Crippen molar-refractivity contribution in [2.75, 3.05) is 19.7 Å². The highest BCUT2D eigenvalue weighted by Crippen LogP contribution is 2.23. The van der Waals surface area contributed by atoms with Crippen LogP contribution < -0.4 is 5.73 Å². The second-order valence-electron chi connectivity index (χ2n) is 5.40. The Kier molecular flexibility index (Phi) is 5.56. The Labute approximate surface area is 120 Å². The predicted octanol–water partition coefficient (Wildman–Crippen LogP) is 1.56. The first-order chi connectivity index (χ1) is 9.76. The maximum Gasteiger partial charge on any atom is 0.254 e. The second-order valence-corrected chi connectivity index (χ2v) is 5.40. The van der Waals surface area contributed by atoms with Gasteiger partial charge in [-0.2, -0.15) is 0 Å². The number of rotatable bonds is 6. The van der Waals surface area contributed by atoms with E-state index in [0.717, 1.165) is 49.8 Å². The van der Waals surface area contributed by atoms with Crippen molar-refractivity contribution in [3.8, 4) is 0 Å². The quantitative estimate of drug-likeness (QED) is 0.828. The molecule has 0 bridgehead atoms. The van der Waals surface area contributed by atoms with E-state index in [9.17, 15) is 4.79 Å². The van der Waals surface area contributed by atoms with E-state index in [-0.39, 0.29) is 18.6 Å². The van der Waals surface area contributed by atoms with Crippen LogP contribution in [0.15, 0.2) is 24.3 Å². The minimum atomic E-state index is 0.115. The van der Waals surface area contributed by atoms with Gasteiger partial charge in [0.05, 0.1) is 0 Å². The lowest BCUT2D eigenvalue weighted by molar-refractivity contribution is 0.0724. The van der Waals surface area contributed by atoms with Gasteiger partial charge in [-0.1, -0.05) is 12.1 Å². The number of hydrogen-bond donors (Lipinski definition) is 2. The molecule has 1 fully saturated rings. The average Bonchev–Trinajstić information content (AvgIpc) is 2.93. The molecule has 1 amide bonds. The molecular weight excluding hydrogens is 252 g/mol. The van der Waals surface area contributed by atoms with Crippen molar-refractivity contribution in [3.05, 3.63) is 35.4 Å². The lowest BCUT2D eigenvalue weighted by Gasteiger charge is -2.25.